The molecule has 13 heteroatoms. The number of ether oxygens (including phenoxy) is 2. The average molecular weight is 435 g/mol. The Morgan fingerprint density at radius 3 is 2.77 bits per heavy atom. The van der Waals surface area contributed by atoms with Gasteiger partial charge in [-0.25, -0.2) is 4.98 Å². The maximum Gasteiger partial charge on any atom is 0.451 e. The molecule has 0 saturated carbocycles. The minimum atomic E-state index is -4.66. The zero-order valence-electron chi connectivity index (χ0n) is 15.9. The summed E-state index contributed by atoms with van der Waals surface area (Å²) in [5.74, 6) is -1.28. The first kappa shape index (κ1) is 20.7. The number of alkyl halides is 3. The summed E-state index contributed by atoms with van der Waals surface area (Å²) >= 11 is 0. The Morgan fingerprint density at radius 1 is 1.26 bits per heavy atom. The van der Waals surface area contributed by atoms with E-state index in [2.05, 4.69) is 30.6 Å². The minimum Gasteiger partial charge on any atom is -0.475 e. The zero-order chi connectivity index (χ0) is 21.8. The highest BCUT2D eigenvalue weighted by atomic mass is 19.4. The number of nitrogens with zero attached hydrogens (tertiary/aromatic N) is 6. The third-order valence-corrected chi connectivity index (χ3v) is 4.46. The predicted octanol–water partition coefficient (Wildman–Crippen LogP) is 1.60. The normalized spacial score (nSPS) is 16.9. The number of aromatic nitrogens is 6. The van der Waals surface area contributed by atoms with E-state index < -0.39 is 18.1 Å². The van der Waals surface area contributed by atoms with Crippen molar-refractivity contribution in [3.63, 3.8) is 0 Å². The molecular formula is C18H16F3N7O3. The molecule has 1 saturated heterocycles. The number of tetrazole rings is 1. The molecule has 1 unspecified atom stereocenters. The first-order valence-electron chi connectivity index (χ1n) is 9.18. The molecule has 1 atom stereocenters. The lowest BCUT2D eigenvalue weighted by Gasteiger charge is -2.32. The fourth-order valence-corrected chi connectivity index (χ4v) is 2.97. The van der Waals surface area contributed by atoms with Gasteiger partial charge in [-0.15, -0.1) is 10.2 Å². The molecule has 10 nitrogen and oxygen atoms in total. The highest BCUT2D eigenvalue weighted by Crippen LogP contribution is 2.26. The van der Waals surface area contributed by atoms with Gasteiger partial charge in [0.25, 0.3) is 5.91 Å². The van der Waals surface area contributed by atoms with E-state index in [0.29, 0.717) is 23.5 Å². The number of hydrogen-bond acceptors (Lipinski definition) is 8. The maximum absolute atomic E-state index is 12.8. The van der Waals surface area contributed by atoms with Gasteiger partial charge in [0.1, 0.15) is 12.7 Å². The SMILES string of the molecule is O=C(c1ccc(-c2nn[nH]n2)cc1)N1CCOC(COc2ccnc(C(F)(F)F)n2)C1. The number of hydrogen-bond donors (Lipinski definition) is 1. The first-order valence-corrected chi connectivity index (χ1v) is 9.18. The van der Waals surface area contributed by atoms with Gasteiger partial charge in [0.2, 0.25) is 17.5 Å². The number of nitrogens with one attached hydrogen (secondary N) is 1. The molecule has 0 spiro atoms. The lowest BCUT2D eigenvalue weighted by Crippen LogP contribution is -2.47. The van der Waals surface area contributed by atoms with Gasteiger partial charge in [0, 0.05) is 29.9 Å². The van der Waals surface area contributed by atoms with Crippen molar-refractivity contribution in [2.24, 2.45) is 0 Å². The van der Waals surface area contributed by atoms with E-state index in [1.54, 1.807) is 29.2 Å². The second-order valence-corrected chi connectivity index (χ2v) is 6.58. The highest BCUT2D eigenvalue weighted by molar-refractivity contribution is 5.94. The number of carbonyl (C=O) groups is 1. The van der Waals surface area contributed by atoms with E-state index >= 15 is 0 Å². The summed E-state index contributed by atoms with van der Waals surface area (Å²) in [5.41, 5.74) is 1.18. The smallest absolute Gasteiger partial charge is 0.451 e. The largest absolute Gasteiger partial charge is 0.475 e. The van der Waals surface area contributed by atoms with E-state index in [1.807, 2.05) is 0 Å². The summed E-state index contributed by atoms with van der Waals surface area (Å²) in [6.07, 6.45) is -4.20. The number of rotatable bonds is 5. The molecule has 1 amide bonds. The molecule has 31 heavy (non-hydrogen) atoms. The molecule has 1 fully saturated rings. The van der Waals surface area contributed by atoms with Crippen LogP contribution in [0.15, 0.2) is 36.5 Å². The van der Waals surface area contributed by atoms with Gasteiger partial charge in [-0.2, -0.15) is 23.4 Å². The number of H-pyrrole nitrogens is 1. The second kappa shape index (κ2) is 8.63. The van der Waals surface area contributed by atoms with Crippen molar-refractivity contribution in [3.05, 3.63) is 47.9 Å². The second-order valence-electron chi connectivity index (χ2n) is 6.58. The van der Waals surface area contributed by atoms with Gasteiger partial charge in [-0.1, -0.05) is 12.1 Å². The lowest BCUT2D eigenvalue weighted by atomic mass is 10.1. The van der Waals surface area contributed by atoms with Crippen molar-refractivity contribution >= 4 is 5.91 Å². The molecular weight excluding hydrogens is 419 g/mol. The van der Waals surface area contributed by atoms with Crippen molar-refractivity contribution in [1.29, 1.82) is 0 Å². The number of amides is 1. The van der Waals surface area contributed by atoms with E-state index in [-0.39, 0.29) is 31.5 Å². The monoisotopic (exact) mass is 435 g/mol. The van der Waals surface area contributed by atoms with Crippen LogP contribution >= 0.6 is 0 Å². The van der Waals surface area contributed by atoms with E-state index in [1.165, 1.54) is 6.07 Å². The summed E-state index contributed by atoms with van der Waals surface area (Å²) in [4.78, 5) is 20.9. The molecule has 1 aliphatic heterocycles. The number of benzene rings is 1. The van der Waals surface area contributed by atoms with Crippen LogP contribution in [-0.4, -0.2) is 73.8 Å². The lowest BCUT2D eigenvalue weighted by molar-refractivity contribution is -0.145. The summed E-state index contributed by atoms with van der Waals surface area (Å²) in [6, 6.07) is 7.98. The Hall–Kier alpha value is -3.61. The van der Waals surface area contributed by atoms with Gasteiger partial charge in [-0.05, 0) is 17.3 Å². The third-order valence-electron chi connectivity index (χ3n) is 4.46. The van der Waals surface area contributed by atoms with Gasteiger partial charge in [-0.3, -0.25) is 4.79 Å². The predicted molar refractivity (Wildman–Crippen MR) is 97.8 cm³/mol. The Balaban J connectivity index is 1.35. The van der Waals surface area contributed by atoms with Gasteiger partial charge >= 0.3 is 6.18 Å². The van der Waals surface area contributed by atoms with Crippen molar-refractivity contribution in [2.45, 2.75) is 12.3 Å². The summed E-state index contributed by atoms with van der Waals surface area (Å²) < 4.78 is 49.0. The molecule has 2 aromatic heterocycles. The minimum absolute atomic E-state index is 0.0607. The maximum atomic E-state index is 12.8. The molecule has 1 aromatic carbocycles. The molecule has 4 rings (SSSR count). The van der Waals surface area contributed by atoms with Crippen molar-refractivity contribution in [3.8, 4) is 17.3 Å². The molecule has 3 aromatic rings. The number of halogens is 3. The molecule has 3 heterocycles. The Labute approximate surface area is 173 Å². The van der Waals surface area contributed by atoms with Crippen LogP contribution in [-0.2, 0) is 10.9 Å². The Morgan fingerprint density at radius 2 is 2.06 bits per heavy atom. The average Bonchev–Trinajstić information content (AvgIpc) is 3.32. The number of aromatic amines is 1. The van der Waals surface area contributed by atoms with Crippen molar-refractivity contribution in [2.75, 3.05) is 26.3 Å². The van der Waals surface area contributed by atoms with Crippen LogP contribution in [0.25, 0.3) is 11.4 Å². The Bertz CT molecular complexity index is 1030. The highest BCUT2D eigenvalue weighted by Gasteiger charge is 2.35. The Kier molecular flexibility index (Phi) is 5.75. The number of morpholine rings is 1. The van der Waals surface area contributed by atoms with Crippen LogP contribution < -0.4 is 4.74 Å². The standard InChI is InChI=1S/C18H16F3N7O3/c19-18(20,21)17-22-6-5-14(23-17)31-10-13-9-28(7-8-30-13)16(29)12-3-1-11(2-4-12)15-24-26-27-25-15/h1-6,13H,7-10H2,(H,24,25,26,27). The van der Waals surface area contributed by atoms with Crippen molar-refractivity contribution < 1.29 is 27.4 Å². The number of carbonyl (C=O) groups excluding carboxylic acids is 1. The van der Waals surface area contributed by atoms with Gasteiger partial charge in [0.15, 0.2) is 0 Å². The summed E-state index contributed by atoms with van der Waals surface area (Å²) in [7, 11) is 0. The molecule has 1 N–H and O–H groups in total. The van der Waals surface area contributed by atoms with Crippen LogP contribution in [0.4, 0.5) is 13.2 Å². The van der Waals surface area contributed by atoms with Crippen LogP contribution in [0.3, 0.4) is 0 Å². The summed E-state index contributed by atoms with van der Waals surface area (Å²) in [5, 5.41) is 13.6. The van der Waals surface area contributed by atoms with E-state index in [4.69, 9.17) is 9.47 Å². The van der Waals surface area contributed by atoms with Crippen LogP contribution in [0.1, 0.15) is 16.2 Å². The van der Waals surface area contributed by atoms with Crippen LogP contribution in [0.5, 0.6) is 5.88 Å². The molecule has 0 radical (unpaired) electrons. The quantitative estimate of drug-likeness (QED) is 0.642. The zero-order valence-corrected chi connectivity index (χ0v) is 15.9. The van der Waals surface area contributed by atoms with Crippen LogP contribution in [0, 0.1) is 0 Å². The van der Waals surface area contributed by atoms with Gasteiger partial charge in [0.05, 0.1) is 13.2 Å². The van der Waals surface area contributed by atoms with Crippen LogP contribution in [0.2, 0.25) is 0 Å². The molecule has 1 aliphatic rings. The first-order chi connectivity index (χ1) is 14.9. The topological polar surface area (TPSA) is 119 Å². The van der Waals surface area contributed by atoms with Crippen molar-refractivity contribution in [1.82, 2.24) is 35.5 Å². The summed E-state index contributed by atoms with van der Waals surface area (Å²) in [6.45, 7) is 0.823. The molecule has 162 valence electrons. The van der Waals surface area contributed by atoms with E-state index in [0.717, 1.165) is 6.20 Å². The molecule has 0 aliphatic carbocycles. The fraction of sp³-hybridized carbons (Fsp3) is 0.333. The molecule has 0 bridgehead atoms. The van der Waals surface area contributed by atoms with Gasteiger partial charge < -0.3 is 14.4 Å². The third kappa shape index (κ3) is 4.94. The fourth-order valence-electron chi connectivity index (χ4n) is 2.97. The van der Waals surface area contributed by atoms with E-state index in [9.17, 15) is 18.0 Å².